The fraction of sp³-hybridized carbons (Fsp3) is 0.833. The maximum absolute atomic E-state index is 11.2. The molecule has 1 saturated heterocycles. The third-order valence-electron chi connectivity index (χ3n) is 2.12. The standard InChI is InChI=1S/C6H14N4O/c1-8-5-4(7)6(11)10(3)9(5)2/h4-5,8H,7H2,1-3H3. The Morgan fingerprint density at radius 1 is 1.55 bits per heavy atom. The van der Waals surface area contributed by atoms with Gasteiger partial charge in [0.2, 0.25) is 0 Å². The van der Waals surface area contributed by atoms with Crippen molar-refractivity contribution in [2.45, 2.75) is 12.2 Å². The summed E-state index contributed by atoms with van der Waals surface area (Å²) in [6, 6.07) is -0.449. The lowest BCUT2D eigenvalue weighted by atomic mass is 10.2. The molecule has 1 heterocycles. The molecule has 0 bridgehead atoms. The van der Waals surface area contributed by atoms with E-state index < -0.39 is 6.04 Å². The van der Waals surface area contributed by atoms with Crippen LogP contribution in [0.1, 0.15) is 0 Å². The van der Waals surface area contributed by atoms with E-state index in [0.29, 0.717) is 0 Å². The summed E-state index contributed by atoms with van der Waals surface area (Å²) in [6.07, 6.45) is -0.0764. The van der Waals surface area contributed by atoms with Gasteiger partial charge in [0.25, 0.3) is 5.91 Å². The van der Waals surface area contributed by atoms with E-state index in [0.717, 1.165) is 0 Å². The summed E-state index contributed by atoms with van der Waals surface area (Å²) in [5.41, 5.74) is 5.62. The molecular formula is C6H14N4O. The second kappa shape index (κ2) is 2.77. The first-order valence-electron chi connectivity index (χ1n) is 3.52. The van der Waals surface area contributed by atoms with E-state index >= 15 is 0 Å². The molecule has 1 rings (SSSR count). The number of likely N-dealkylation sites (N-methyl/N-ethyl adjacent to an activating group) is 3. The van der Waals surface area contributed by atoms with Crippen molar-refractivity contribution < 1.29 is 4.79 Å². The number of carbonyl (C=O) groups excluding carboxylic acids is 1. The van der Waals surface area contributed by atoms with Crippen molar-refractivity contribution in [3.05, 3.63) is 0 Å². The van der Waals surface area contributed by atoms with Gasteiger partial charge >= 0.3 is 0 Å². The molecule has 0 aromatic heterocycles. The van der Waals surface area contributed by atoms with Crippen LogP contribution in [0.5, 0.6) is 0 Å². The Balaban J connectivity index is 2.77. The highest BCUT2D eigenvalue weighted by Gasteiger charge is 2.39. The molecule has 0 spiro atoms. The first-order valence-corrected chi connectivity index (χ1v) is 3.52. The van der Waals surface area contributed by atoms with Gasteiger partial charge in [-0.15, -0.1) is 0 Å². The van der Waals surface area contributed by atoms with Crippen molar-refractivity contribution in [2.24, 2.45) is 5.73 Å². The Labute approximate surface area is 66.1 Å². The van der Waals surface area contributed by atoms with Gasteiger partial charge in [-0.2, -0.15) is 0 Å². The second-order valence-electron chi connectivity index (χ2n) is 2.69. The van der Waals surface area contributed by atoms with Crippen molar-refractivity contribution in [1.82, 2.24) is 15.3 Å². The molecule has 5 heteroatoms. The van der Waals surface area contributed by atoms with Gasteiger partial charge < -0.3 is 11.1 Å². The summed E-state index contributed by atoms with van der Waals surface area (Å²) in [5.74, 6) is -0.0492. The molecule has 1 amide bonds. The molecule has 2 atom stereocenters. The van der Waals surface area contributed by atoms with Crippen molar-refractivity contribution in [2.75, 3.05) is 21.1 Å². The Morgan fingerprint density at radius 3 is 2.27 bits per heavy atom. The van der Waals surface area contributed by atoms with Crippen molar-refractivity contribution in [1.29, 1.82) is 0 Å². The lowest BCUT2D eigenvalue weighted by molar-refractivity contribution is -0.135. The third-order valence-corrected chi connectivity index (χ3v) is 2.12. The lowest BCUT2D eigenvalue weighted by Gasteiger charge is -2.24. The van der Waals surface area contributed by atoms with Crippen LogP contribution in [0, 0.1) is 0 Å². The van der Waals surface area contributed by atoms with E-state index in [2.05, 4.69) is 5.32 Å². The smallest absolute Gasteiger partial charge is 0.256 e. The average molecular weight is 158 g/mol. The Kier molecular flexibility index (Phi) is 2.12. The Bertz CT molecular complexity index is 172. The summed E-state index contributed by atoms with van der Waals surface area (Å²) in [7, 11) is 5.32. The molecule has 1 fully saturated rings. The molecular weight excluding hydrogens is 144 g/mol. The largest absolute Gasteiger partial charge is 0.317 e. The molecule has 0 radical (unpaired) electrons. The number of nitrogens with two attached hydrogens (primary N) is 1. The van der Waals surface area contributed by atoms with Crippen LogP contribution in [0.2, 0.25) is 0 Å². The number of hydrogen-bond acceptors (Lipinski definition) is 4. The number of rotatable bonds is 1. The van der Waals surface area contributed by atoms with Gasteiger partial charge in [-0.3, -0.25) is 9.80 Å². The monoisotopic (exact) mass is 158 g/mol. The first kappa shape index (κ1) is 8.45. The summed E-state index contributed by atoms with van der Waals surface area (Å²) in [6.45, 7) is 0. The molecule has 1 aliphatic heterocycles. The van der Waals surface area contributed by atoms with E-state index in [1.165, 1.54) is 5.01 Å². The van der Waals surface area contributed by atoms with Crippen LogP contribution in [0.25, 0.3) is 0 Å². The zero-order valence-electron chi connectivity index (χ0n) is 7.03. The summed E-state index contributed by atoms with van der Waals surface area (Å²) >= 11 is 0. The molecule has 3 N–H and O–H groups in total. The van der Waals surface area contributed by atoms with Gasteiger partial charge in [-0.25, -0.2) is 5.01 Å². The van der Waals surface area contributed by atoms with Crippen LogP contribution in [0.15, 0.2) is 0 Å². The van der Waals surface area contributed by atoms with Crippen LogP contribution < -0.4 is 11.1 Å². The minimum absolute atomic E-state index is 0.0492. The number of carbonyl (C=O) groups is 1. The number of nitrogens with zero attached hydrogens (tertiary/aromatic N) is 2. The quantitative estimate of drug-likeness (QED) is 0.471. The molecule has 5 nitrogen and oxygen atoms in total. The van der Waals surface area contributed by atoms with Crippen LogP contribution in [0.3, 0.4) is 0 Å². The van der Waals surface area contributed by atoms with Crippen molar-refractivity contribution >= 4 is 5.91 Å². The number of hydrazine groups is 1. The number of hydrogen-bond donors (Lipinski definition) is 2. The Hall–Kier alpha value is -0.650. The second-order valence-corrected chi connectivity index (χ2v) is 2.69. The van der Waals surface area contributed by atoms with E-state index in [-0.39, 0.29) is 12.1 Å². The van der Waals surface area contributed by atoms with Crippen LogP contribution in [-0.4, -0.2) is 49.3 Å². The average Bonchev–Trinajstić information content (AvgIpc) is 2.17. The van der Waals surface area contributed by atoms with Crippen LogP contribution in [0.4, 0.5) is 0 Å². The fourth-order valence-corrected chi connectivity index (χ4v) is 1.29. The van der Waals surface area contributed by atoms with E-state index in [9.17, 15) is 4.79 Å². The molecule has 11 heavy (non-hydrogen) atoms. The van der Waals surface area contributed by atoms with E-state index in [4.69, 9.17) is 5.73 Å². The van der Waals surface area contributed by atoms with E-state index in [1.54, 1.807) is 19.1 Å². The van der Waals surface area contributed by atoms with Crippen LogP contribution >= 0.6 is 0 Å². The number of amides is 1. The summed E-state index contributed by atoms with van der Waals surface area (Å²) in [4.78, 5) is 11.2. The van der Waals surface area contributed by atoms with Gasteiger partial charge in [0.15, 0.2) is 0 Å². The first-order chi connectivity index (χ1) is 5.09. The molecule has 2 unspecified atom stereocenters. The molecule has 0 aromatic carbocycles. The SMILES string of the molecule is CNC1C(N)C(=O)N(C)N1C. The lowest BCUT2D eigenvalue weighted by Crippen LogP contribution is -2.48. The molecule has 0 aliphatic carbocycles. The maximum atomic E-state index is 11.2. The molecule has 64 valence electrons. The summed E-state index contributed by atoms with van der Waals surface area (Å²) in [5, 5.41) is 6.27. The fourth-order valence-electron chi connectivity index (χ4n) is 1.29. The zero-order chi connectivity index (χ0) is 8.59. The Morgan fingerprint density at radius 2 is 2.09 bits per heavy atom. The number of nitrogens with one attached hydrogen (secondary N) is 1. The van der Waals surface area contributed by atoms with Gasteiger partial charge in [-0.05, 0) is 7.05 Å². The normalized spacial score (nSPS) is 33.5. The highest BCUT2D eigenvalue weighted by Crippen LogP contribution is 2.11. The van der Waals surface area contributed by atoms with E-state index in [1.807, 2.05) is 7.05 Å². The summed E-state index contributed by atoms with van der Waals surface area (Å²) < 4.78 is 0. The van der Waals surface area contributed by atoms with Gasteiger partial charge in [0.1, 0.15) is 12.2 Å². The minimum atomic E-state index is -0.449. The van der Waals surface area contributed by atoms with Gasteiger partial charge in [0.05, 0.1) is 0 Å². The highest BCUT2D eigenvalue weighted by atomic mass is 16.2. The minimum Gasteiger partial charge on any atom is -0.317 e. The predicted octanol–water partition coefficient (Wildman–Crippen LogP) is -1.82. The molecule has 0 saturated carbocycles. The maximum Gasteiger partial charge on any atom is 0.256 e. The van der Waals surface area contributed by atoms with Gasteiger partial charge in [-0.1, -0.05) is 0 Å². The predicted molar refractivity (Wildman–Crippen MR) is 41.4 cm³/mol. The highest BCUT2D eigenvalue weighted by molar-refractivity contribution is 5.83. The zero-order valence-corrected chi connectivity index (χ0v) is 7.03. The van der Waals surface area contributed by atoms with Gasteiger partial charge in [0, 0.05) is 14.1 Å². The third kappa shape index (κ3) is 1.11. The van der Waals surface area contributed by atoms with Crippen molar-refractivity contribution in [3.8, 4) is 0 Å². The topological polar surface area (TPSA) is 61.6 Å². The van der Waals surface area contributed by atoms with Crippen LogP contribution in [-0.2, 0) is 4.79 Å². The van der Waals surface area contributed by atoms with Crippen molar-refractivity contribution in [3.63, 3.8) is 0 Å². The molecule has 1 aliphatic rings. The molecule has 0 aromatic rings.